The summed E-state index contributed by atoms with van der Waals surface area (Å²) in [6.45, 7) is 1.99. The number of benzene rings is 1. The van der Waals surface area contributed by atoms with Crippen LogP contribution >= 0.6 is 24.2 Å². The van der Waals surface area contributed by atoms with Gasteiger partial charge in [-0.15, -0.1) is 24.2 Å². The number of nitrogens with one attached hydrogen (secondary N) is 1. The molecule has 3 nitrogen and oxygen atoms in total. The highest BCUT2D eigenvalue weighted by molar-refractivity contribution is 7.97. The topological polar surface area (TPSA) is 46.2 Å². The minimum absolute atomic E-state index is 0.0959. The average Bonchev–Trinajstić information content (AvgIpc) is 2.35. The lowest BCUT2D eigenvalue weighted by Gasteiger charge is -2.08. The van der Waals surface area contributed by atoms with Crippen LogP contribution in [0.5, 0.6) is 0 Å². The fraction of sp³-hybridized carbons (Fsp3) is 0.385. The van der Waals surface area contributed by atoms with Crippen LogP contribution < -0.4 is 5.32 Å². The number of hydrogen-bond acceptors (Lipinski definition) is 2. The number of halogens is 1. The van der Waals surface area contributed by atoms with Crippen molar-refractivity contribution in [1.29, 1.82) is 0 Å². The van der Waals surface area contributed by atoms with Crippen LogP contribution in [0.2, 0.25) is 0 Å². The van der Waals surface area contributed by atoms with Gasteiger partial charge in [0.15, 0.2) is 0 Å². The van der Waals surface area contributed by atoms with Gasteiger partial charge in [-0.3, -0.25) is 9.59 Å². The quantitative estimate of drug-likeness (QED) is 0.622. The van der Waals surface area contributed by atoms with E-state index in [0.29, 0.717) is 30.0 Å². The molecule has 0 heterocycles. The first kappa shape index (κ1) is 15.1. The molecular weight excluding hydrogens is 270 g/mol. The van der Waals surface area contributed by atoms with Crippen molar-refractivity contribution in [2.75, 3.05) is 11.2 Å². The Morgan fingerprint density at radius 3 is 2.61 bits per heavy atom. The third-order valence-electron chi connectivity index (χ3n) is 2.47. The van der Waals surface area contributed by atoms with E-state index in [2.05, 4.69) is 17.9 Å². The van der Waals surface area contributed by atoms with E-state index >= 15 is 0 Å². The van der Waals surface area contributed by atoms with E-state index < -0.39 is 0 Å². The Kier molecular flexibility index (Phi) is 6.22. The molecule has 1 amide bonds. The molecule has 0 unspecified atom stereocenters. The molecule has 1 aromatic rings. The standard InChI is InChI=1S/C13H16ClNO2S/c1-2-9-6-10(13(17)18)8-11(7-9)15-12(16)4-3-5-14/h6-8H,2-5H2,1H3,(H,15,16)(H,17,18). The second-order valence-corrected chi connectivity index (χ2v) is 4.70. The highest BCUT2D eigenvalue weighted by Crippen LogP contribution is 2.17. The zero-order valence-corrected chi connectivity index (χ0v) is 11.9. The molecule has 18 heavy (non-hydrogen) atoms. The second-order valence-electron chi connectivity index (χ2n) is 3.92. The predicted octanol–water partition coefficient (Wildman–Crippen LogP) is 3.28. The Morgan fingerprint density at radius 1 is 1.33 bits per heavy atom. The van der Waals surface area contributed by atoms with E-state index in [1.54, 1.807) is 12.1 Å². The summed E-state index contributed by atoms with van der Waals surface area (Å²) in [5, 5.41) is 2.46. The molecule has 0 aliphatic carbocycles. The van der Waals surface area contributed by atoms with Gasteiger partial charge in [0.1, 0.15) is 0 Å². The van der Waals surface area contributed by atoms with Gasteiger partial charge in [0.25, 0.3) is 0 Å². The van der Waals surface area contributed by atoms with Gasteiger partial charge in [-0.25, -0.2) is 0 Å². The largest absolute Gasteiger partial charge is 0.326 e. The lowest BCUT2D eigenvalue weighted by Crippen LogP contribution is -2.12. The van der Waals surface area contributed by atoms with Crippen molar-refractivity contribution in [3.63, 3.8) is 0 Å². The van der Waals surface area contributed by atoms with E-state index in [9.17, 15) is 9.59 Å². The maximum absolute atomic E-state index is 11.6. The van der Waals surface area contributed by atoms with Gasteiger partial charge in [-0.1, -0.05) is 6.92 Å². The van der Waals surface area contributed by atoms with E-state index in [1.807, 2.05) is 13.0 Å². The van der Waals surface area contributed by atoms with Gasteiger partial charge in [-0.05, 0) is 36.6 Å². The van der Waals surface area contributed by atoms with Crippen LogP contribution in [0.25, 0.3) is 0 Å². The SMILES string of the molecule is CCc1cc(NC(=O)CCCCl)cc(C(=O)S)c1. The molecule has 1 rings (SSSR count). The number of amides is 1. The van der Waals surface area contributed by atoms with Crippen LogP contribution in [-0.4, -0.2) is 16.9 Å². The Balaban J connectivity index is 2.84. The van der Waals surface area contributed by atoms with Crippen molar-refractivity contribution in [2.24, 2.45) is 0 Å². The predicted molar refractivity (Wildman–Crippen MR) is 77.7 cm³/mol. The highest BCUT2D eigenvalue weighted by atomic mass is 35.5. The van der Waals surface area contributed by atoms with Gasteiger partial charge >= 0.3 is 0 Å². The first-order chi connectivity index (χ1) is 8.56. The summed E-state index contributed by atoms with van der Waals surface area (Å²) >= 11 is 9.33. The molecule has 0 atom stereocenters. The number of aryl methyl sites for hydroxylation is 1. The third kappa shape index (κ3) is 4.70. The molecule has 0 spiro atoms. The second kappa shape index (κ2) is 7.44. The summed E-state index contributed by atoms with van der Waals surface area (Å²) in [7, 11) is 0. The Labute approximate surface area is 117 Å². The zero-order chi connectivity index (χ0) is 13.5. The summed E-state index contributed by atoms with van der Waals surface area (Å²) in [5.41, 5.74) is 2.11. The molecule has 0 aromatic heterocycles. The summed E-state index contributed by atoms with van der Waals surface area (Å²) in [5.74, 6) is 0.365. The zero-order valence-electron chi connectivity index (χ0n) is 10.2. The van der Waals surface area contributed by atoms with E-state index in [-0.39, 0.29) is 11.0 Å². The molecule has 0 fully saturated rings. The maximum atomic E-state index is 11.6. The van der Waals surface area contributed by atoms with Crippen LogP contribution in [0.4, 0.5) is 5.69 Å². The third-order valence-corrected chi connectivity index (χ3v) is 2.99. The van der Waals surface area contributed by atoms with Crippen molar-refractivity contribution in [3.8, 4) is 0 Å². The molecule has 0 radical (unpaired) electrons. The molecule has 1 aromatic carbocycles. The van der Waals surface area contributed by atoms with Crippen molar-refractivity contribution in [3.05, 3.63) is 29.3 Å². The molecule has 5 heteroatoms. The van der Waals surface area contributed by atoms with Crippen LogP contribution in [0, 0.1) is 0 Å². The molecule has 0 bridgehead atoms. The van der Waals surface area contributed by atoms with Crippen LogP contribution in [0.15, 0.2) is 18.2 Å². The van der Waals surface area contributed by atoms with Crippen LogP contribution in [-0.2, 0) is 11.2 Å². The summed E-state index contributed by atoms with van der Waals surface area (Å²) in [4.78, 5) is 22.8. The first-order valence-corrected chi connectivity index (χ1v) is 6.78. The number of hydrogen-bond donors (Lipinski definition) is 2. The van der Waals surface area contributed by atoms with Crippen LogP contribution in [0.3, 0.4) is 0 Å². The van der Waals surface area contributed by atoms with Crippen molar-refractivity contribution in [1.82, 2.24) is 0 Å². The number of rotatable bonds is 6. The first-order valence-electron chi connectivity index (χ1n) is 5.80. The lowest BCUT2D eigenvalue weighted by molar-refractivity contribution is -0.116. The summed E-state index contributed by atoms with van der Waals surface area (Å²) < 4.78 is 0. The van der Waals surface area contributed by atoms with Gasteiger partial charge in [-0.2, -0.15) is 0 Å². The molecule has 98 valence electrons. The average molecular weight is 286 g/mol. The van der Waals surface area contributed by atoms with E-state index in [1.165, 1.54) is 0 Å². The maximum Gasteiger partial charge on any atom is 0.224 e. The minimum atomic E-state index is -0.304. The van der Waals surface area contributed by atoms with Crippen molar-refractivity contribution < 1.29 is 9.59 Å². The monoisotopic (exact) mass is 285 g/mol. The fourth-order valence-electron chi connectivity index (χ4n) is 1.54. The Bertz CT molecular complexity index is 449. The number of carbonyl (C=O) groups is 2. The smallest absolute Gasteiger partial charge is 0.224 e. The number of anilines is 1. The normalized spacial score (nSPS) is 10.2. The van der Waals surface area contributed by atoms with E-state index in [0.717, 1.165) is 12.0 Å². The van der Waals surface area contributed by atoms with E-state index in [4.69, 9.17) is 11.6 Å². The molecule has 0 saturated carbocycles. The fourth-order valence-corrected chi connectivity index (χ4v) is 1.81. The molecule has 0 saturated heterocycles. The van der Waals surface area contributed by atoms with Gasteiger partial charge in [0.2, 0.25) is 11.0 Å². The molecule has 0 aliphatic rings. The minimum Gasteiger partial charge on any atom is -0.326 e. The van der Waals surface area contributed by atoms with Gasteiger partial charge in [0, 0.05) is 23.6 Å². The van der Waals surface area contributed by atoms with Gasteiger partial charge < -0.3 is 5.32 Å². The summed E-state index contributed by atoms with van der Waals surface area (Å²) in [6.07, 6.45) is 1.81. The summed E-state index contributed by atoms with van der Waals surface area (Å²) in [6, 6.07) is 5.27. The van der Waals surface area contributed by atoms with Crippen LogP contribution in [0.1, 0.15) is 35.7 Å². The van der Waals surface area contributed by atoms with Crippen molar-refractivity contribution >= 4 is 40.9 Å². The molecular formula is C13H16ClNO2S. The molecule has 1 N–H and O–H groups in total. The van der Waals surface area contributed by atoms with Gasteiger partial charge in [0.05, 0.1) is 0 Å². The Morgan fingerprint density at radius 2 is 2.06 bits per heavy atom. The van der Waals surface area contributed by atoms with Crippen molar-refractivity contribution in [2.45, 2.75) is 26.2 Å². The molecule has 0 aliphatic heterocycles. The highest BCUT2D eigenvalue weighted by Gasteiger charge is 2.07. The number of carbonyl (C=O) groups excluding carboxylic acids is 2. The Hall–Kier alpha value is -1.00. The number of alkyl halides is 1. The lowest BCUT2D eigenvalue weighted by atomic mass is 10.1. The number of thiol groups is 1.